The smallest absolute Gasteiger partial charge is 0.182 e. The molecular weight excluding hydrogens is 645 g/mol. The molecule has 7 heteroatoms. The molecule has 0 bridgehead atoms. The first kappa shape index (κ1) is 28.2. The number of rotatable bonds is 4. The molecule has 6 nitrogen and oxygen atoms in total. The van der Waals surface area contributed by atoms with E-state index in [-0.39, 0.29) is 0 Å². The van der Waals surface area contributed by atoms with Crippen LogP contribution in [0.1, 0.15) is 0 Å². The Hall–Kier alpha value is -6.70. The number of hydrogen-bond acceptors (Lipinski definition) is 5. The predicted octanol–water partition coefficient (Wildman–Crippen LogP) is 11.2. The Labute approximate surface area is 295 Å². The first-order valence-corrected chi connectivity index (χ1v) is 17.7. The summed E-state index contributed by atoms with van der Waals surface area (Å²) in [7, 11) is 0. The molecule has 0 fully saturated rings. The highest BCUT2D eigenvalue weighted by Crippen LogP contribution is 2.38. The molecule has 11 rings (SSSR count). The molecule has 0 unspecified atom stereocenters. The fourth-order valence-electron chi connectivity index (χ4n) is 7.61. The lowest BCUT2D eigenvalue weighted by Crippen LogP contribution is -1.94. The maximum absolute atomic E-state index is 5.15. The lowest BCUT2D eigenvalue weighted by molar-refractivity contribution is 1.04. The van der Waals surface area contributed by atoms with E-state index in [0.29, 0.717) is 5.82 Å². The predicted molar refractivity (Wildman–Crippen MR) is 210 cm³/mol. The third-order valence-corrected chi connectivity index (χ3v) is 10.9. The van der Waals surface area contributed by atoms with Crippen LogP contribution in [-0.4, -0.2) is 29.3 Å². The minimum absolute atomic E-state index is 0.606. The molecular formula is C44H26N6S. The number of nitrogens with zero attached hydrogens (tertiary/aromatic N) is 6. The van der Waals surface area contributed by atoms with E-state index in [1.54, 1.807) is 11.3 Å². The number of fused-ring (bicyclic) bond motifs is 9. The largest absolute Gasteiger partial charge is 0.309 e. The molecule has 0 radical (unpaired) electrons. The third kappa shape index (κ3) is 4.28. The van der Waals surface area contributed by atoms with Crippen molar-refractivity contribution in [1.82, 2.24) is 29.3 Å². The molecule has 0 saturated heterocycles. The van der Waals surface area contributed by atoms with Crippen molar-refractivity contribution in [3.63, 3.8) is 0 Å². The highest BCUT2D eigenvalue weighted by Gasteiger charge is 2.18. The van der Waals surface area contributed by atoms with Gasteiger partial charge in [0.1, 0.15) is 5.52 Å². The van der Waals surface area contributed by atoms with Gasteiger partial charge in [-0.1, -0.05) is 78.9 Å². The van der Waals surface area contributed by atoms with Gasteiger partial charge in [0.25, 0.3) is 0 Å². The fourth-order valence-corrected chi connectivity index (χ4v) is 8.52. The summed E-state index contributed by atoms with van der Waals surface area (Å²) in [5.74, 6) is 0.606. The molecule has 0 spiro atoms. The van der Waals surface area contributed by atoms with Gasteiger partial charge in [0.05, 0.1) is 32.5 Å². The zero-order valence-electron chi connectivity index (χ0n) is 27.1. The van der Waals surface area contributed by atoms with E-state index in [1.165, 1.54) is 27.2 Å². The van der Waals surface area contributed by atoms with Gasteiger partial charge in [-0.25, -0.2) is 4.98 Å². The molecule has 0 aliphatic rings. The van der Waals surface area contributed by atoms with Gasteiger partial charge in [-0.05, 0) is 72.8 Å². The van der Waals surface area contributed by atoms with Crippen LogP contribution in [0.3, 0.4) is 0 Å². The van der Waals surface area contributed by atoms with E-state index in [4.69, 9.17) is 9.97 Å². The van der Waals surface area contributed by atoms with E-state index in [0.717, 1.165) is 65.0 Å². The van der Waals surface area contributed by atoms with Crippen molar-refractivity contribution in [2.24, 2.45) is 0 Å². The highest BCUT2D eigenvalue weighted by atomic mass is 32.1. The average molecular weight is 671 g/mol. The van der Waals surface area contributed by atoms with Gasteiger partial charge in [-0.2, -0.15) is 0 Å². The van der Waals surface area contributed by atoms with Crippen LogP contribution in [0.2, 0.25) is 0 Å². The summed E-state index contributed by atoms with van der Waals surface area (Å²) in [6.07, 6.45) is 1.94. The second-order valence-corrected chi connectivity index (χ2v) is 13.8. The Kier molecular flexibility index (Phi) is 6.02. The quantitative estimate of drug-likeness (QED) is 0.187. The molecule has 51 heavy (non-hydrogen) atoms. The molecule has 0 aliphatic carbocycles. The molecule has 5 heterocycles. The van der Waals surface area contributed by atoms with Gasteiger partial charge in [-0.3, -0.25) is 4.98 Å². The Bertz CT molecular complexity index is 2930. The average Bonchev–Trinajstić information content (AvgIpc) is 3.85. The molecule has 0 saturated carbocycles. The summed E-state index contributed by atoms with van der Waals surface area (Å²) < 4.78 is 5.68. The SMILES string of the molecule is c1ccc(-n2c3ccccc3c3cc(-c4cc5c(cn4)sc4nnc(-c6ccc7c(c6)c6ccccc6n7-c6ccccc6)nc45)ccc32)cc1. The van der Waals surface area contributed by atoms with Gasteiger partial charge in [-0.15, -0.1) is 21.5 Å². The van der Waals surface area contributed by atoms with Crippen LogP contribution in [0.5, 0.6) is 0 Å². The summed E-state index contributed by atoms with van der Waals surface area (Å²) in [6.45, 7) is 0. The van der Waals surface area contributed by atoms with Crippen molar-refractivity contribution < 1.29 is 0 Å². The molecule has 0 atom stereocenters. The fraction of sp³-hybridized carbons (Fsp3) is 0. The van der Waals surface area contributed by atoms with Crippen LogP contribution in [0.4, 0.5) is 0 Å². The summed E-state index contributed by atoms with van der Waals surface area (Å²) in [5.41, 5.74) is 10.7. The Morgan fingerprint density at radius 1 is 0.451 bits per heavy atom. The molecule has 0 aliphatic heterocycles. The van der Waals surface area contributed by atoms with E-state index >= 15 is 0 Å². The number of pyridine rings is 1. The van der Waals surface area contributed by atoms with Crippen molar-refractivity contribution in [3.05, 3.63) is 158 Å². The molecule has 11 aromatic rings. The molecule has 0 amide bonds. The van der Waals surface area contributed by atoms with Crippen molar-refractivity contribution in [2.75, 3.05) is 0 Å². The number of aromatic nitrogens is 6. The zero-order chi connectivity index (χ0) is 33.5. The van der Waals surface area contributed by atoms with E-state index in [1.807, 2.05) is 12.3 Å². The molecule has 0 N–H and O–H groups in total. The zero-order valence-corrected chi connectivity index (χ0v) is 27.9. The molecule has 6 aromatic carbocycles. The minimum Gasteiger partial charge on any atom is -0.309 e. The second-order valence-electron chi connectivity index (χ2n) is 12.8. The van der Waals surface area contributed by atoms with E-state index in [9.17, 15) is 0 Å². The second kappa shape index (κ2) is 10.9. The van der Waals surface area contributed by atoms with Gasteiger partial charge < -0.3 is 9.13 Å². The third-order valence-electron chi connectivity index (χ3n) is 9.91. The van der Waals surface area contributed by atoms with Crippen molar-refractivity contribution in [3.8, 4) is 34.0 Å². The van der Waals surface area contributed by atoms with Crippen molar-refractivity contribution in [2.45, 2.75) is 0 Å². The van der Waals surface area contributed by atoms with Crippen LogP contribution >= 0.6 is 11.3 Å². The van der Waals surface area contributed by atoms with Crippen LogP contribution in [0.15, 0.2) is 158 Å². The topological polar surface area (TPSA) is 61.4 Å². The maximum Gasteiger partial charge on any atom is 0.182 e. The normalized spacial score (nSPS) is 11.9. The van der Waals surface area contributed by atoms with Gasteiger partial charge in [0, 0.05) is 55.6 Å². The summed E-state index contributed by atoms with van der Waals surface area (Å²) in [4.78, 5) is 10.9. The number of thiophene rings is 1. The maximum atomic E-state index is 5.15. The van der Waals surface area contributed by atoms with Crippen LogP contribution in [-0.2, 0) is 0 Å². The Morgan fingerprint density at radius 2 is 1.00 bits per heavy atom. The molecule has 5 aromatic heterocycles. The van der Waals surface area contributed by atoms with Gasteiger partial charge in [0.15, 0.2) is 10.7 Å². The first-order valence-electron chi connectivity index (χ1n) is 16.9. The molecule has 238 valence electrons. The first-order chi connectivity index (χ1) is 25.3. The Balaban J connectivity index is 1.04. The van der Waals surface area contributed by atoms with Crippen molar-refractivity contribution in [1.29, 1.82) is 0 Å². The van der Waals surface area contributed by atoms with Crippen molar-refractivity contribution >= 4 is 75.4 Å². The highest BCUT2D eigenvalue weighted by molar-refractivity contribution is 7.25. The monoisotopic (exact) mass is 670 g/mol. The van der Waals surface area contributed by atoms with Crippen LogP contribution < -0.4 is 0 Å². The van der Waals surface area contributed by atoms with Gasteiger partial charge >= 0.3 is 0 Å². The Morgan fingerprint density at radius 3 is 1.65 bits per heavy atom. The summed E-state index contributed by atoms with van der Waals surface area (Å²) >= 11 is 1.57. The lowest BCUT2D eigenvalue weighted by atomic mass is 10.1. The minimum atomic E-state index is 0.606. The standard InChI is InChI=1S/C44H26N6S/c1-3-11-29(12-4-1)49-37-17-9-7-15-31(37)33-23-27(19-21-39(33)49)36-25-35-41(26-45-36)51-44-42(35)46-43(47-48-44)28-20-22-40-34(24-28)32-16-8-10-18-38(32)50(40)30-13-5-2-6-14-30/h1-26H. The number of para-hydroxylation sites is 4. The van der Waals surface area contributed by atoms with E-state index < -0.39 is 0 Å². The van der Waals surface area contributed by atoms with Crippen LogP contribution in [0, 0.1) is 0 Å². The summed E-state index contributed by atoms with van der Waals surface area (Å²) in [6, 6.07) is 53.4. The number of hydrogen-bond donors (Lipinski definition) is 0. The van der Waals surface area contributed by atoms with Crippen LogP contribution in [0.25, 0.3) is 98.1 Å². The lowest BCUT2D eigenvalue weighted by Gasteiger charge is -2.08. The van der Waals surface area contributed by atoms with E-state index in [2.05, 4.69) is 165 Å². The summed E-state index contributed by atoms with van der Waals surface area (Å²) in [5, 5.41) is 15.1. The van der Waals surface area contributed by atoms with Gasteiger partial charge in [0.2, 0.25) is 0 Å². The number of benzene rings is 6.